The molecule has 0 radical (unpaired) electrons. The first kappa shape index (κ1) is 27.0. The fraction of sp³-hybridized carbons (Fsp3) is 0.789. The van der Waals surface area contributed by atoms with Crippen LogP contribution in [0.5, 0.6) is 0 Å². The number of carbonyl (C=O) groups is 4. The number of ketones is 1. The first-order chi connectivity index (χ1) is 13.3. The lowest BCUT2D eigenvalue weighted by Gasteiger charge is -2.39. The highest BCUT2D eigenvalue weighted by Gasteiger charge is 2.54. The van der Waals surface area contributed by atoms with Crippen molar-refractivity contribution in [2.45, 2.75) is 59.9 Å². The Labute approximate surface area is 172 Å². The Kier molecular flexibility index (Phi) is 9.91. The molecule has 0 aliphatic heterocycles. The van der Waals surface area contributed by atoms with Crippen LogP contribution in [0.4, 0.5) is 0 Å². The van der Waals surface area contributed by atoms with Crippen molar-refractivity contribution < 1.29 is 24.4 Å². The van der Waals surface area contributed by atoms with Crippen LogP contribution >= 0.6 is 0 Å². The highest BCUT2D eigenvalue weighted by atomic mass is 16.5. The zero-order chi connectivity index (χ0) is 23.0. The van der Waals surface area contributed by atoms with Gasteiger partial charge in [0.2, 0.25) is 5.91 Å². The average molecular weight is 416 g/mol. The molecule has 168 valence electrons. The van der Waals surface area contributed by atoms with Gasteiger partial charge in [-0.2, -0.15) is 0 Å². The van der Waals surface area contributed by atoms with Crippen molar-refractivity contribution in [1.82, 2.24) is 16.1 Å². The molecule has 0 aliphatic rings. The summed E-state index contributed by atoms with van der Waals surface area (Å²) < 4.78 is 0. The third-order valence-corrected chi connectivity index (χ3v) is 5.26. The Hall–Kier alpha value is -2.04. The lowest BCUT2D eigenvalue weighted by atomic mass is 9.73. The molecule has 0 rings (SSSR count). The van der Waals surface area contributed by atoms with Gasteiger partial charge in [-0.15, -0.1) is 0 Å². The van der Waals surface area contributed by atoms with Gasteiger partial charge in [0.1, 0.15) is 5.41 Å². The van der Waals surface area contributed by atoms with E-state index in [1.165, 1.54) is 12.4 Å². The van der Waals surface area contributed by atoms with Crippen LogP contribution in [0, 0.1) is 16.7 Å². The average Bonchev–Trinajstić information content (AvgIpc) is 2.67. The van der Waals surface area contributed by atoms with E-state index in [4.69, 9.17) is 16.7 Å². The molecule has 0 fully saturated rings. The van der Waals surface area contributed by atoms with Gasteiger partial charge in [0.05, 0.1) is 0 Å². The molecule has 29 heavy (non-hydrogen) atoms. The van der Waals surface area contributed by atoms with Crippen LogP contribution in [0.1, 0.15) is 54.4 Å². The maximum Gasteiger partial charge on any atom is 0.258 e. The summed E-state index contributed by atoms with van der Waals surface area (Å²) in [7, 11) is 0. The fourth-order valence-electron chi connectivity index (χ4n) is 3.09. The number of amides is 3. The molecule has 0 heterocycles. The Morgan fingerprint density at radius 1 is 1.00 bits per heavy atom. The molecule has 0 aliphatic carbocycles. The number of Topliss-reactive ketones (excluding diaryl/α,β-unsaturated/α-hetero) is 1. The first-order valence-corrected chi connectivity index (χ1v) is 9.79. The molecular formula is C19H37N5O5. The van der Waals surface area contributed by atoms with Crippen LogP contribution in [0.15, 0.2) is 0 Å². The van der Waals surface area contributed by atoms with Gasteiger partial charge in [0, 0.05) is 25.0 Å². The van der Waals surface area contributed by atoms with Crippen LogP contribution in [-0.4, -0.2) is 53.9 Å². The minimum atomic E-state index is -2.08. The topological polar surface area (TPSA) is 177 Å². The summed E-state index contributed by atoms with van der Waals surface area (Å²) in [4.78, 5) is 51.8. The Balaban J connectivity index is 6.33. The number of hydrogen-bond donors (Lipinski definition) is 6. The van der Waals surface area contributed by atoms with E-state index in [0.29, 0.717) is 6.42 Å². The van der Waals surface area contributed by atoms with Gasteiger partial charge in [-0.25, -0.2) is 5.48 Å². The minimum Gasteiger partial charge on any atom is -0.352 e. The molecule has 0 aromatic carbocycles. The van der Waals surface area contributed by atoms with Crippen LogP contribution in [0.3, 0.4) is 0 Å². The zero-order valence-corrected chi connectivity index (χ0v) is 18.3. The number of carbonyl (C=O) groups excluding carboxylic acids is 4. The van der Waals surface area contributed by atoms with Crippen molar-refractivity contribution in [3.63, 3.8) is 0 Å². The Morgan fingerprint density at radius 2 is 1.55 bits per heavy atom. The van der Waals surface area contributed by atoms with E-state index in [0.717, 1.165) is 0 Å². The van der Waals surface area contributed by atoms with Crippen LogP contribution < -0.4 is 27.6 Å². The number of hydroxylamine groups is 1. The highest BCUT2D eigenvalue weighted by molar-refractivity contribution is 6.17. The van der Waals surface area contributed by atoms with Gasteiger partial charge < -0.3 is 22.1 Å². The number of rotatable bonds is 12. The summed E-state index contributed by atoms with van der Waals surface area (Å²) in [6.07, 6.45) is 0.468. The van der Waals surface area contributed by atoms with Gasteiger partial charge in [-0.1, -0.05) is 34.6 Å². The largest absolute Gasteiger partial charge is 0.352 e. The van der Waals surface area contributed by atoms with Gasteiger partial charge in [0.15, 0.2) is 11.3 Å². The maximum absolute atomic E-state index is 13.3. The normalized spacial score (nSPS) is 15.8. The van der Waals surface area contributed by atoms with Gasteiger partial charge in [0.25, 0.3) is 11.8 Å². The van der Waals surface area contributed by atoms with E-state index in [1.807, 2.05) is 0 Å². The summed E-state index contributed by atoms with van der Waals surface area (Å²) >= 11 is 0. The lowest BCUT2D eigenvalue weighted by molar-refractivity contribution is -0.155. The van der Waals surface area contributed by atoms with Gasteiger partial charge in [-0.3, -0.25) is 24.4 Å². The summed E-state index contributed by atoms with van der Waals surface area (Å²) in [5.41, 5.74) is 8.00. The predicted molar refractivity (Wildman–Crippen MR) is 109 cm³/mol. The summed E-state index contributed by atoms with van der Waals surface area (Å²) in [5.74, 6) is -3.29. The van der Waals surface area contributed by atoms with Crippen molar-refractivity contribution in [2.24, 2.45) is 28.2 Å². The smallest absolute Gasteiger partial charge is 0.258 e. The molecule has 0 aromatic rings. The van der Waals surface area contributed by atoms with E-state index in [1.54, 1.807) is 34.6 Å². The maximum atomic E-state index is 13.3. The van der Waals surface area contributed by atoms with Crippen molar-refractivity contribution in [3.05, 3.63) is 0 Å². The molecule has 1 unspecified atom stereocenters. The molecule has 2 atom stereocenters. The van der Waals surface area contributed by atoms with Gasteiger partial charge >= 0.3 is 0 Å². The van der Waals surface area contributed by atoms with E-state index in [9.17, 15) is 19.2 Å². The number of nitrogens with two attached hydrogens (primary N) is 2. The molecule has 0 saturated heterocycles. The van der Waals surface area contributed by atoms with E-state index in [2.05, 4.69) is 10.6 Å². The molecule has 10 heteroatoms. The molecule has 0 saturated carbocycles. The quantitative estimate of drug-likeness (QED) is 0.140. The van der Waals surface area contributed by atoms with Crippen LogP contribution in [-0.2, 0) is 19.2 Å². The second-order valence-electron chi connectivity index (χ2n) is 8.55. The van der Waals surface area contributed by atoms with Crippen molar-refractivity contribution in [3.8, 4) is 0 Å². The Bertz CT molecular complexity index is 622. The van der Waals surface area contributed by atoms with E-state index < -0.39 is 46.4 Å². The lowest BCUT2D eigenvalue weighted by Crippen LogP contribution is -2.72. The molecule has 0 bridgehead atoms. The summed E-state index contributed by atoms with van der Waals surface area (Å²) in [6, 6.07) is 0. The van der Waals surface area contributed by atoms with Crippen molar-refractivity contribution >= 4 is 23.5 Å². The SMILES string of the molecule is CCC(C)(C)C(=O)[C@@](CN)(NC(=O)C(C)(CC(C)C)C(=O)NO)C(=O)NCCN. The molecule has 8 N–H and O–H groups in total. The van der Waals surface area contributed by atoms with E-state index in [-0.39, 0.29) is 25.4 Å². The second kappa shape index (κ2) is 10.7. The Morgan fingerprint density at radius 3 is 1.93 bits per heavy atom. The number of hydrogen-bond acceptors (Lipinski definition) is 7. The summed E-state index contributed by atoms with van der Waals surface area (Å²) in [5, 5.41) is 14.1. The molecule has 10 nitrogen and oxygen atoms in total. The first-order valence-electron chi connectivity index (χ1n) is 9.79. The number of nitrogens with one attached hydrogen (secondary N) is 3. The predicted octanol–water partition coefficient (Wildman–Crippen LogP) is -0.562. The molecule has 0 aromatic heterocycles. The van der Waals surface area contributed by atoms with Gasteiger partial charge in [-0.05, 0) is 25.7 Å². The van der Waals surface area contributed by atoms with Crippen LogP contribution in [0.2, 0.25) is 0 Å². The minimum absolute atomic E-state index is 0.0711. The van der Waals surface area contributed by atoms with Crippen molar-refractivity contribution in [2.75, 3.05) is 19.6 Å². The van der Waals surface area contributed by atoms with E-state index >= 15 is 0 Å². The van der Waals surface area contributed by atoms with Crippen molar-refractivity contribution in [1.29, 1.82) is 0 Å². The third kappa shape index (κ3) is 5.97. The highest BCUT2D eigenvalue weighted by Crippen LogP contribution is 2.31. The standard InChI is InChI=1S/C19H37N5O5/c1-7-17(4,5)13(25)19(11-21,16(28)22-9-8-20)23-14(26)18(6,10-12(2)3)15(27)24-29/h12,29H,7-11,20-21H2,1-6H3,(H,22,28)(H,23,26)(H,24,27)/t18?,19-/m1/s1. The molecule has 3 amide bonds. The zero-order valence-electron chi connectivity index (χ0n) is 18.3. The molecule has 0 spiro atoms. The summed E-state index contributed by atoms with van der Waals surface area (Å²) in [6.45, 7) is 9.71. The monoisotopic (exact) mass is 415 g/mol. The fourth-order valence-corrected chi connectivity index (χ4v) is 3.09. The molecular weight excluding hydrogens is 378 g/mol. The van der Waals surface area contributed by atoms with Crippen LogP contribution in [0.25, 0.3) is 0 Å². The second-order valence-corrected chi connectivity index (χ2v) is 8.55. The third-order valence-electron chi connectivity index (χ3n) is 5.26.